The number of aliphatic hydroxyl groups excluding tert-OH is 1. The second-order valence-corrected chi connectivity index (χ2v) is 14.4. The lowest BCUT2D eigenvalue weighted by molar-refractivity contribution is -0.224. The van der Waals surface area contributed by atoms with Gasteiger partial charge in [-0.05, 0) is 89.2 Å². The van der Waals surface area contributed by atoms with Gasteiger partial charge in [0, 0.05) is 17.3 Å². The number of ketones is 1. The molecule has 4 aliphatic carbocycles. The number of carbonyl (C=O) groups excluding carboxylic acids is 2. The van der Waals surface area contributed by atoms with E-state index in [0.717, 1.165) is 0 Å². The fourth-order valence-corrected chi connectivity index (χ4v) is 9.24. The van der Waals surface area contributed by atoms with Crippen molar-refractivity contribution in [3.63, 3.8) is 0 Å². The largest absolute Gasteiger partial charge is 0.459 e. The third-order valence-corrected chi connectivity index (χ3v) is 11.6. The molecule has 0 unspecified atom stereocenters. The second kappa shape index (κ2) is 8.10. The van der Waals surface area contributed by atoms with Gasteiger partial charge in [-0.3, -0.25) is 9.59 Å². The second-order valence-electron chi connectivity index (χ2n) is 14.4. The molecule has 0 radical (unpaired) electrons. The highest BCUT2D eigenvalue weighted by atomic mass is 16.6. The summed E-state index contributed by atoms with van der Waals surface area (Å²) in [4.78, 5) is 25.7. The van der Waals surface area contributed by atoms with Gasteiger partial charge in [0.25, 0.3) is 0 Å². The highest BCUT2D eigenvalue weighted by Gasteiger charge is 2.74. The minimum absolute atomic E-state index is 0.00967. The van der Waals surface area contributed by atoms with E-state index in [0.29, 0.717) is 31.3 Å². The van der Waals surface area contributed by atoms with Crippen LogP contribution in [0.5, 0.6) is 0 Å². The zero-order valence-corrected chi connectivity index (χ0v) is 23.2. The Morgan fingerprint density at radius 2 is 1.68 bits per heavy atom. The molecule has 0 aromatic rings. The van der Waals surface area contributed by atoms with Gasteiger partial charge in [0.2, 0.25) is 0 Å². The van der Waals surface area contributed by atoms with Crippen molar-refractivity contribution in [3.05, 3.63) is 11.6 Å². The lowest BCUT2D eigenvalue weighted by Gasteiger charge is -2.63. The van der Waals surface area contributed by atoms with Crippen LogP contribution >= 0.6 is 0 Å². The summed E-state index contributed by atoms with van der Waals surface area (Å²) in [5, 5.41) is 68.3. The number of ether oxygens (including phenoxy) is 1. The molecule has 9 nitrogen and oxygen atoms in total. The standard InChI is InChI=1S/C29H44O9/c1-23(2,33)9-8-19(30)26(5,34)18-7-11-28(36)17-12-20(31)29(37)13-21-27(35,14-22(32)38-21)15-25(29,4)16(17)6-10-24(18,28)3/h12,16,18-19,21,30,33-37H,6-11,13-15H2,1-5H3/t16-,18-,19+,21+,24+,25+,26+,27+,28+,29+/m0/s1. The fraction of sp³-hybridized carbons (Fsp3) is 0.862. The number of fused-ring (bicyclic) bond motifs is 6. The van der Waals surface area contributed by atoms with Crippen LogP contribution in [0.3, 0.4) is 0 Å². The summed E-state index contributed by atoms with van der Waals surface area (Å²) in [5.74, 6) is -2.02. The van der Waals surface area contributed by atoms with E-state index in [1.807, 2.05) is 6.92 Å². The van der Waals surface area contributed by atoms with E-state index in [-0.39, 0.29) is 32.1 Å². The molecule has 5 rings (SSSR count). The normalized spacial score (nSPS) is 48.7. The van der Waals surface area contributed by atoms with E-state index in [2.05, 4.69) is 0 Å². The Kier molecular flexibility index (Phi) is 6.01. The summed E-state index contributed by atoms with van der Waals surface area (Å²) in [6.45, 7) is 8.56. The average molecular weight is 537 g/mol. The van der Waals surface area contributed by atoms with Gasteiger partial charge in [0.05, 0.1) is 29.3 Å². The van der Waals surface area contributed by atoms with Crippen LogP contribution in [0.1, 0.15) is 92.4 Å². The Balaban J connectivity index is 1.50. The van der Waals surface area contributed by atoms with Crippen LogP contribution in [-0.2, 0) is 14.3 Å². The fourth-order valence-electron chi connectivity index (χ4n) is 9.24. The summed E-state index contributed by atoms with van der Waals surface area (Å²) in [5.41, 5.74) is -8.80. The van der Waals surface area contributed by atoms with Crippen LogP contribution in [0, 0.1) is 22.7 Å². The predicted molar refractivity (Wildman–Crippen MR) is 135 cm³/mol. The zero-order chi connectivity index (χ0) is 28.3. The molecular weight excluding hydrogens is 492 g/mol. The Morgan fingerprint density at radius 1 is 1.03 bits per heavy atom. The van der Waals surface area contributed by atoms with Crippen molar-refractivity contribution in [1.29, 1.82) is 0 Å². The third-order valence-electron chi connectivity index (χ3n) is 11.6. The molecule has 0 aromatic carbocycles. The lowest BCUT2D eigenvalue weighted by atomic mass is 9.43. The summed E-state index contributed by atoms with van der Waals surface area (Å²) in [6, 6.07) is 0. The zero-order valence-electron chi connectivity index (χ0n) is 23.2. The Morgan fingerprint density at radius 3 is 2.32 bits per heavy atom. The molecule has 9 heteroatoms. The minimum Gasteiger partial charge on any atom is -0.459 e. The molecule has 5 aliphatic rings. The first-order chi connectivity index (χ1) is 17.2. The van der Waals surface area contributed by atoms with E-state index in [1.165, 1.54) is 6.08 Å². The number of aliphatic hydroxyl groups is 6. The van der Waals surface area contributed by atoms with Crippen molar-refractivity contribution in [1.82, 2.24) is 0 Å². The van der Waals surface area contributed by atoms with Gasteiger partial charge >= 0.3 is 5.97 Å². The maximum absolute atomic E-state index is 13.6. The van der Waals surface area contributed by atoms with E-state index in [1.54, 1.807) is 27.7 Å². The van der Waals surface area contributed by atoms with Gasteiger partial charge in [0.1, 0.15) is 17.3 Å². The number of rotatable bonds is 5. The van der Waals surface area contributed by atoms with Crippen LogP contribution < -0.4 is 0 Å². The molecule has 0 spiro atoms. The van der Waals surface area contributed by atoms with E-state index >= 15 is 0 Å². The van der Waals surface area contributed by atoms with Crippen LogP contribution in [0.25, 0.3) is 0 Å². The Labute approximate surface area is 223 Å². The molecule has 1 saturated heterocycles. The molecule has 3 saturated carbocycles. The van der Waals surface area contributed by atoms with Crippen LogP contribution in [0.4, 0.5) is 0 Å². The molecule has 1 heterocycles. The predicted octanol–water partition coefficient (Wildman–Crippen LogP) is 1.29. The van der Waals surface area contributed by atoms with Crippen LogP contribution in [-0.4, -0.2) is 82.6 Å². The Hall–Kier alpha value is -1.36. The van der Waals surface area contributed by atoms with Crippen molar-refractivity contribution >= 4 is 11.8 Å². The first kappa shape index (κ1) is 28.2. The lowest BCUT2D eigenvalue weighted by Crippen LogP contribution is -2.70. The third kappa shape index (κ3) is 3.58. The smallest absolute Gasteiger partial charge is 0.309 e. The molecule has 10 atom stereocenters. The van der Waals surface area contributed by atoms with Gasteiger partial charge in [-0.2, -0.15) is 0 Å². The molecule has 0 amide bonds. The van der Waals surface area contributed by atoms with E-state index in [4.69, 9.17) is 4.74 Å². The summed E-state index contributed by atoms with van der Waals surface area (Å²) >= 11 is 0. The highest BCUT2D eigenvalue weighted by molar-refractivity contribution is 6.00. The molecule has 1 aliphatic heterocycles. The van der Waals surface area contributed by atoms with Gasteiger partial charge in [-0.25, -0.2) is 0 Å². The van der Waals surface area contributed by atoms with Crippen LogP contribution in [0.15, 0.2) is 11.6 Å². The quantitative estimate of drug-likeness (QED) is 0.284. The van der Waals surface area contributed by atoms with E-state index < -0.39 is 74.6 Å². The summed E-state index contributed by atoms with van der Waals surface area (Å²) in [6.07, 6.45) is 1.06. The molecule has 4 fully saturated rings. The summed E-state index contributed by atoms with van der Waals surface area (Å²) in [7, 11) is 0. The first-order valence-electron chi connectivity index (χ1n) is 14.0. The highest BCUT2D eigenvalue weighted by Crippen LogP contribution is 2.70. The number of hydrogen-bond donors (Lipinski definition) is 6. The molecule has 0 bridgehead atoms. The number of hydrogen-bond acceptors (Lipinski definition) is 9. The topological polar surface area (TPSA) is 165 Å². The molecule has 6 N–H and O–H groups in total. The van der Waals surface area contributed by atoms with Gasteiger partial charge < -0.3 is 35.4 Å². The average Bonchev–Trinajstić information content (AvgIpc) is 3.22. The molecule has 38 heavy (non-hydrogen) atoms. The van der Waals surface area contributed by atoms with Crippen molar-refractivity contribution < 1.29 is 45.0 Å². The van der Waals surface area contributed by atoms with Crippen molar-refractivity contribution in [2.24, 2.45) is 22.7 Å². The van der Waals surface area contributed by atoms with Gasteiger partial charge in [-0.15, -0.1) is 0 Å². The van der Waals surface area contributed by atoms with Crippen molar-refractivity contribution in [2.75, 3.05) is 0 Å². The number of esters is 1. The van der Waals surface area contributed by atoms with Crippen molar-refractivity contribution in [3.8, 4) is 0 Å². The molecular formula is C29H44O9. The number of carbonyl (C=O) groups is 2. The summed E-state index contributed by atoms with van der Waals surface area (Å²) < 4.78 is 5.29. The van der Waals surface area contributed by atoms with Gasteiger partial charge in [-0.1, -0.05) is 13.8 Å². The first-order valence-corrected chi connectivity index (χ1v) is 14.0. The van der Waals surface area contributed by atoms with Gasteiger partial charge in [0.15, 0.2) is 5.78 Å². The minimum atomic E-state index is -1.84. The maximum Gasteiger partial charge on any atom is 0.309 e. The maximum atomic E-state index is 13.6. The molecule has 0 aromatic heterocycles. The monoisotopic (exact) mass is 536 g/mol. The van der Waals surface area contributed by atoms with Crippen LogP contribution in [0.2, 0.25) is 0 Å². The molecule has 214 valence electrons. The SMILES string of the molecule is CC(C)(O)CC[C@@H](O)[C@](C)(O)[C@H]1CC[C@@]2(O)C3=CC(=O)[C@]4(O)C[C@H]5OC(=O)C[C@@]5(O)C[C@]4(C)[C@H]3CC[C@]12C. The van der Waals surface area contributed by atoms with E-state index in [9.17, 15) is 40.2 Å². The Bertz CT molecular complexity index is 1080. The van der Waals surface area contributed by atoms with Crippen molar-refractivity contribution in [2.45, 2.75) is 133 Å².